The second-order valence-corrected chi connectivity index (χ2v) is 3.94. The number of fused-ring (bicyclic) bond motifs is 1. The predicted octanol–water partition coefficient (Wildman–Crippen LogP) is 3.11. The molecule has 0 unspecified atom stereocenters. The third kappa shape index (κ3) is 1.54. The summed E-state index contributed by atoms with van der Waals surface area (Å²) in [6, 6.07) is 0. The van der Waals surface area contributed by atoms with Gasteiger partial charge < -0.3 is 4.98 Å². The summed E-state index contributed by atoms with van der Waals surface area (Å²) >= 11 is 14.9. The average molecular weight is 281 g/mol. The van der Waals surface area contributed by atoms with E-state index in [0.29, 0.717) is 27.9 Å². The van der Waals surface area contributed by atoms with Gasteiger partial charge in [0.25, 0.3) is 0 Å². The minimum atomic E-state index is 0.324. The second-order valence-electron chi connectivity index (χ2n) is 2.44. The van der Waals surface area contributed by atoms with Gasteiger partial charge in [-0.05, 0) is 15.9 Å². The van der Waals surface area contributed by atoms with Crippen molar-refractivity contribution in [3.05, 3.63) is 21.5 Å². The maximum absolute atomic E-state index is 6.00. The van der Waals surface area contributed by atoms with Gasteiger partial charge in [-0.25, -0.2) is 9.97 Å². The Hall–Kier alpha value is -0.320. The van der Waals surface area contributed by atoms with Crippen molar-refractivity contribution < 1.29 is 0 Å². The van der Waals surface area contributed by atoms with Gasteiger partial charge in [0.15, 0.2) is 5.65 Å². The van der Waals surface area contributed by atoms with E-state index in [1.807, 2.05) is 0 Å². The molecular weight excluding hydrogens is 277 g/mol. The molecule has 0 aliphatic rings. The summed E-state index contributed by atoms with van der Waals surface area (Å²) in [4.78, 5) is 11.2. The van der Waals surface area contributed by atoms with Crippen LogP contribution in [0.2, 0.25) is 5.02 Å². The van der Waals surface area contributed by atoms with Gasteiger partial charge in [-0.2, -0.15) is 0 Å². The molecule has 68 valence electrons. The minimum Gasteiger partial charge on any atom is -0.338 e. The van der Waals surface area contributed by atoms with Gasteiger partial charge in [-0.3, -0.25) is 0 Å². The number of nitrogens with zero attached hydrogens (tertiary/aromatic N) is 2. The van der Waals surface area contributed by atoms with Crippen molar-refractivity contribution >= 4 is 50.3 Å². The van der Waals surface area contributed by atoms with Crippen molar-refractivity contribution in [3.8, 4) is 0 Å². The van der Waals surface area contributed by atoms with Gasteiger partial charge in [0.2, 0.25) is 0 Å². The van der Waals surface area contributed by atoms with E-state index in [-0.39, 0.29) is 0 Å². The zero-order chi connectivity index (χ0) is 9.42. The highest BCUT2D eigenvalue weighted by Crippen LogP contribution is 2.27. The lowest BCUT2D eigenvalue weighted by atomic mass is 10.4. The van der Waals surface area contributed by atoms with Crippen molar-refractivity contribution in [2.75, 3.05) is 0 Å². The Morgan fingerprint density at radius 1 is 1.54 bits per heavy atom. The number of aromatic nitrogens is 3. The Kier molecular flexibility index (Phi) is 2.45. The van der Waals surface area contributed by atoms with E-state index < -0.39 is 0 Å². The van der Waals surface area contributed by atoms with Gasteiger partial charge in [0, 0.05) is 6.20 Å². The van der Waals surface area contributed by atoms with E-state index in [1.54, 1.807) is 6.20 Å². The van der Waals surface area contributed by atoms with Crippen LogP contribution in [0.25, 0.3) is 11.2 Å². The highest BCUT2D eigenvalue weighted by atomic mass is 79.9. The van der Waals surface area contributed by atoms with Crippen LogP contribution in [0.5, 0.6) is 0 Å². The minimum absolute atomic E-state index is 0.324. The Morgan fingerprint density at radius 3 is 3.00 bits per heavy atom. The molecule has 0 aromatic carbocycles. The molecule has 13 heavy (non-hydrogen) atoms. The molecule has 0 atom stereocenters. The molecule has 0 amide bonds. The molecule has 1 N–H and O–H groups in total. The van der Waals surface area contributed by atoms with E-state index in [9.17, 15) is 0 Å². The molecule has 0 aliphatic carbocycles. The number of hydrogen-bond donors (Lipinski definition) is 1. The molecule has 6 heteroatoms. The lowest BCUT2D eigenvalue weighted by Crippen LogP contribution is -1.78. The van der Waals surface area contributed by atoms with Gasteiger partial charge in [0.05, 0.1) is 15.4 Å². The summed E-state index contributed by atoms with van der Waals surface area (Å²) in [6.45, 7) is 0. The Labute approximate surface area is 92.6 Å². The Bertz CT molecular complexity index is 454. The molecule has 0 saturated heterocycles. The molecule has 3 nitrogen and oxygen atoms in total. The van der Waals surface area contributed by atoms with Gasteiger partial charge in [-0.1, -0.05) is 11.6 Å². The average Bonchev–Trinajstić information content (AvgIpc) is 2.55. The van der Waals surface area contributed by atoms with Crippen LogP contribution >= 0.6 is 39.1 Å². The number of hydrogen-bond acceptors (Lipinski definition) is 2. The molecule has 2 heterocycles. The lowest BCUT2D eigenvalue weighted by Gasteiger charge is -1.93. The van der Waals surface area contributed by atoms with Gasteiger partial charge >= 0.3 is 0 Å². The fourth-order valence-corrected chi connectivity index (χ4v) is 1.62. The Balaban J connectivity index is 2.76. The summed E-state index contributed by atoms with van der Waals surface area (Å²) in [5.74, 6) is 0.994. The first kappa shape index (κ1) is 9.24. The van der Waals surface area contributed by atoms with Crippen LogP contribution in [-0.2, 0) is 5.88 Å². The molecule has 0 bridgehead atoms. The summed E-state index contributed by atoms with van der Waals surface area (Å²) in [5.41, 5.74) is 1.30. The van der Waals surface area contributed by atoms with Gasteiger partial charge in [0.1, 0.15) is 11.3 Å². The first-order valence-electron chi connectivity index (χ1n) is 3.47. The number of nitrogens with one attached hydrogen (secondary N) is 1. The van der Waals surface area contributed by atoms with Crippen LogP contribution in [0, 0.1) is 0 Å². The summed E-state index contributed by atoms with van der Waals surface area (Å²) in [5, 5.41) is 0.578. The quantitative estimate of drug-likeness (QED) is 0.816. The van der Waals surface area contributed by atoms with Crippen molar-refractivity contribution in [1.82, 2.24) is 15.0 Å². The molecule has 0 radical (unpaired) electrons. The molecule has 0 spiro atoms. The van der Waals surface area contributed by atoms with Crippen molar-refractivity contribution in [1.29, 1.82) is 0 Å². The molecular formula is C7H4BrCl2N3. The maximum Gasteiger partial charge on any atom is 0.179 e. The predicted molar refractivity (Wildman–Crippen MR) is 56.2 cm³/mol. The third-order valence-electron chi connectivity index (χ3n) is 1.59. The van der Waals surface area contributed by atoms with Crippen LogP contribution in [0.15, 0.2) is 10.7 Å². The largest absolute Gasteiger partial charge is 0.338 e. The number of imidazole rings is 1. The zero-order valence-electron chi connectivity index (χ0n) is 6.31. The van der Waals surface area contributed by atoms with E-state index in [0.717, 1.165) is 4.47 Å². The molecule has 0 saturated carbocycles. The fraction of sp³-hybridized carbons (Fsp3) is 0.143. The first-order valence-corrected chi connectivity index (χ1v) is 5.17. The van der Waals surface area contributed by atoms with Crippen LogP contribution in [-0.4, -0.2) is 15.0 Å². The van der Waals surface area contributed by atoms with Crippen molar-refractivity contribution in [2.45, 2.75) is 5.88 Å². The first-order chi connectivity index (χ1) is 6.22. The van der Waals surface area contributed by atoms with Crippen molar-refractivity contribution in [2.24, 2.45) is 0 Å². The van der Waals surface area contributed by atoms with E-state index in [1.165, 1.54) is 0 Å². The number of alkyl halides is 1. The van der Waals surface area contributed by atoms with Crippen LogP contribution in [0.4, 0.5) is 0 Å². The number of pyridine rings is 1. The topological polar surface area (TPSA) is 41.6 Å². The van der Waals surface area contributed by atoms with Crippen LogP contribution in [0.3, 0.4) is 0 Å². The third-order valence-corrected chi connectivity index (χ3v) is 3.06. The van der Waals surface area contributed by atoms with Crippen LogP contribution < -0.4 is 0 Å². The fourth-order valence-electron chi connectivity index (χ4n) is 1.02. The monoisotopic (exact) mass is 279 g/mol. The molecule has 2 aromatic heterocycles. The zero-order valence-corrected chi connectivity index (χ0v) is 9.41. The molecule has 0 aliphatic heterocycles. The summed E-state index contributed by atoms with van der Waals surface area (Å²) in [6.07, 6.45) is 1.61. The van der Waals surface area contributed by atoms with Crippen LogP contribution in [0.1, 0.15) is 5.82 Å². The summed E-state index contributed by atoms with van der Waals surface area (Å²) in [7, 11) is 0. The molecule has 2 rings (SSSR count). The standard InChI is InChI=1S/C7H4BrCl2N3/c8-3-2-11-7-6(5(3)10)12-4(1-9)13-7/h2H,1H2,(H,11,12,13). The molecule has 2 aromatic rings. The number of rotatable bonds is 1. The normalized spacial score (nSPS) is 11.0. The number of halogens is 3. The van der Waals surface area contributed by atoms with Gasteiger partial charge in [-0.15, -0.1) is 11.6 Å². The lowest BCUT2D eigenvalue weighted by molar-refractivity contribution is 1.13. The smallest absolute Gasteiger partial charge is 0.179 e. The number of H-pyrrole nitrogens is 1. The molecule has 0 fully saturated rings. The Morgan fingerprint density at radius 2 is 2.31 bits per heavy atom. The highest BCUT2D eigenvalue weighted by molar-refractivity contribution is 9.10. The second kappa shape index (κ2) is 3.44. The van der Waals surface area contributed by atoms with E-state index in [4.69, 9.17) is 23.2 Å². The number of aromatic amines is 1. The van der Waals surface area contributed by atoms with Crippen molar-refractivity contribution in [3.63, 3.8) is 0 Å². The highest BCUT2D eigenvalue weighted by Gasteiger charge is 2.08. The summed E-state index contributed by atoms with van der Waals surface area (Å²) < 4.78 is 0.742. The SMILES string of the molecule is ClCc1nc2ncc(Br)c(Cl)c2[nH]1. The maximum atomic E-state index is 6.00. The van der Waals surface area contributed by atoms with E-state index >= 15 is 0 Å². The van der Waals surface area contributed by atoms with E-state index in [2.05, 4.69) is 30.9 Å².